The van der Waals surface area contributed by atoms with E-state index in [0.717, 1.165) is 70.5 Å². The van der Waals surface area contributed by atoms with Crippen molar-refractivity contribution < 1.29 is 28.8 Å². The van der Waals surface area contributed by atoms with Crippen LogP contribution in [0.5, 0.6) is 17.2 Å². The SMILES string of the molecule is N#CC1c2nc(=N)c3ccccc3n2C2=C(C(=O)CC(c3cccc(OCCN(CCO)c4ncnc5c4SC4N=C(N6CCOCC6)C6=C(CCCC6)C54)c3)C2)C1c1ccc2c(c1)OCO2. The molecular weight excluding hydrogens is 867 g/mol. The van der Waals surface area contributed by atoms with Crippen molar-refractivity contribution in [3.63, 3.8) is 0 Å². The Hall–Kier alpha value is -6.54. The van der Waals surface area contributed by atoms with Gasteiger partial charge in [0.05, 0.1) is 54.5 Å². The predicted octanol–water partition coefficient (Wildman–Crippen LogP) is 6.80. The second kappa shape index (κ2) is 17.3. The van der Waals surface area contributed by atoms with Gasteiger partial charge in [0.1, 0.15) is 47.5 Å². The average Bonchev–Trinajstić information content (AvgIpc) is 4.00. The fourth-order valence-electron chi connectivity index (χ4n) is 11.4. The average molecular weight is 916 g/mol. The van der Waals surface area contributed by atoms with E-state index in [0.29, 0.717) is 73.4 Å². The number of para-hydroxylation sites is 1. The number of carbonyl (C=O) groups excluding carboxylic acids is 1. The van der Waals surface area contributed by atoms with Crippen molar-refractivity contribution in [2.45, 2.75) is 72.5 Å². The van der Waals surface area contributed by atoms with E-state index >= 15 is 0 Å². The molecule has 5 aromatic rings. The lowest BCUT2D eigenvalue weighted by Crippen LogP contribution is -2.44. The number of rotatable bonds is 9. The van der Waals surface area contributed by atoms with Crippen LogP contribution in [0.3, 0.4) is 0 Å². The maximum absolute atomic E-state index is 14.8. The second-order valence-corrected chi connectivity index (χ2v) is 19.2. The van der Waals surface area contributed by atoms with Gasteiger partial charge >= 0.3 is 0 Å². The van der Waals surface area contributed by atoms with Gasteiger partial charge in [-0.25, -0.2) is 15.0 Å². The Morgan fingerprint density at radius 1 is 0.955 bits per heavy atom. The molecule has 5 aliphatic heterocycles. The molecule has 1 saturated heterocycles. The van der Waals surface area contributed by atoms with Crippen LogP contribution in [0.1, 0.15) is 84.8 Å². The number of aliphatic hydroxyl groups excluding tert-OH is 1. The van der Waals surface area contributed by atoms with Crippen LogP contribution < -0.4 is 24.6 Å². The van der Waals surface area contributed by atoms with E-state index in [-0.39, 0.29) is 48.3 Å². The van der Waals surface area contributed by atoms with Gasteiger partial charge < -0.3 is 33.9 Å². The molecule has 2 N–H and O–H groups in total. The van der Waals surface area contributed by atoms with Crippen LogP contribution in [0.2, 0.25) is 0 Å². The number of anilines is 1. The van der Waals surface area contributed by atoms with Crippen LogP contribution in [-0.4, -0.2) is 106 Å². The summed E-state index contributed by atoms with van der Waals surface area (Å²) < 4.78 is 25.5. The zero-order valence-corrected chi connectivity index (χ0v) is 37.7. The fraction of sp³-hybridized carbons (Fsp3) is 0.392. The summed E-state index contributed by atoms with van der Waals surface area (Å²) in [7, 11) is 0. The molecular formula is C51H49N9O6S. The minimum absolute atomic E-state index is 0.0124. The second-order valence-electron chi connectivity index (χ2n) is 18.0. The van der Waals surface area contributed by atoms with E-state index < -0.39 is 11.8 Å². The molecule has 0 amide bonds. The van der Waals surface area contributed by atoms with E-state index in [2.05, 4.69) is 15.9 Å². The molecule has 15 nitrogen and oxygen atoms in total. The minimum Gasteiger partial charge on any atom is -0.492 e. The van der Waals surface area contributed by atoms with Gasteiger partial charge in [0.15, 0.2) is 22.8 Å². The molecule has 0 bridgehead atoms. The maximum Gasteiger partial charge on any atom is 0.231 e. The number of aliphatic imine (C=N–C) groups is 1. The molecule has 340 valence electrons. The molecule has 0 saturated carbocycles. The smallest absolute Gasteiger partial charge is 0.231 e. The largest absolute Gasteiger partial charge is 0.492 e. The number of ether oxygens (including phenoxy) is 4. The van der Waals surface area contributed by atoms with Crippen LogP contribution in [0.15, 0.2) is 99.7 Å². The molecule has 2 aromatic heterocycles. The summed E-state index contributed by atoms with van der Waals surface area (Å²) in [5, 5.41) is 30.7. The zero-order valence-electron chi connectivity index (χ0n) is 36.9. The lowest BCUT2D eigenvalue weighted by molar-refractivity contribution is -0.116. The molecule has 7 aliphatic rings. The van der Waals surface area contributed by atoms with E-state index in [1.807, 2.05) is 71.3 Å². The van der Waals surface area contributed by atoms with Crippen molar-refractivity contribution in [1.82, 2.24) is 24.4 Å². The molecule has 5 atom stereocenters. The minimum atomic E-state index is -0.828. The van der Waals surface area contributed by atoms with Gasteiger partial charge in [0.25, 0.3) is 0 Å². The number of fused-ring (bicyclic) bond motifs is 9. The van der Waals surface area contributed by atoms with Crippen LogP contribution in [-0.2, 0) is 9.53 Å². The first kappa shape index (κ1) is 41.9. The standard InChI is InChI=1S/C51H49N9O6S/c52-26-36-42(30-12-13-40-41(25-30)66-28-65-40)44-38(60-37-11-4-3-10-35(37)47(53)56-49(36)60)23-31(24-39(44)62)29-6-5-7-32(22-29)64-21-17-58(14-18-61)50-46-45(54-27-55-50)43-33-8-1-2-9-34(33)48(57-51(43)67-46)59-15-19-63-20-16-59/h3-7,10-13,22,25,27,31,36,42-43,51,53,61H,1-2,8-9,14-21,23-24,28H2. The molecule has 12 rings (SSSR count). The summed E-state index contributed by atoms with van der Waals surface area (Å²) in [6.07, 6.45) is 6.84. The predicted molar refractivity (Wildman–Crippen MR) is 250 cm³/mol. The van der Waals surface area contributed by atoms with E-state index in [4.69, 9.17) is 44.3 Å². The monoisotopic (exact) mass is 915 g/mol. The zero-order chi connectivity index (χ0) is 45.2. The third-order valence-electron chi connectivity index (χ3n) is 14.4. The topological polar surface area (TPSA) is 184 Å². The number of morpholine rings is 1. The number of nitriles is 1. The first-order chi connectivity index (χ1) is 33.0. The number of allylic oxidation sites excluding steroid dienone is 2. The van der Waals surface area contributed by atoms with Gasteiger partial charge in [0, 0.05) is 48.6 Å². The van der Waals surface area contributed by atoms with Crippen molar-refractivity contribution in [1.29, 1.82) is 10.7 Å². The highest BCUT2D eigenvalue weighted by atomic mass is 32.2. The van der Waals surface area contributed by atoms with Gasteiger partial charge in [0.2, 0.25) is 6.79 Å². The number of thioether (sulfide) groups is 1. The Morgan fingerprint density at radius 3 is 2.70 bits per heavy atom. The Bertz CT molecular complexity index is 3050. The molecule has 3 aromatic carbocycles. The number of nitrogens with zero attached hydrogens (tertiary/aromatic N) is 8. The third-order valence-corrected chi connectivity index (χ3v) is 15.6. The first-order valence-corrected chi connectivity index (χ1v) is 24.2. The number of hydrogen-bond donors (Lipinski definition) is 2. The highest BCUT2D eigenvalue weighted by molar-refractivity contribution is 8.00. The first-order valence-electron chi connectivity index (χ1n) is 23.3. The van der Waals surface area contributed by atoms with Gasteiger partial charge in [-0.1, -0.05) is 47.7 Å². The number of aromatic nitrogens is 4. The molecule has 1 fully saturated rings. The summed E-state index contributed by atoms with van der Waals surface area (Å²) in [5.74, 6) is 2.68. The number of ketones is 1. The van der Waals surface area contributed by atoms with Crippen LogP contribution in [0.4, 0.5) is 5.82 Å². The Morgan fingerprint density at radius 2 is 1.82 bits per heavy atom. The van der Waals surface area contributed by atoms with Gasteiger partial charge in [-0.05, 0) is 91.1 Å². The summed E-state index contributed by atoms with van der Waals surface area (Å²) in [6.45, 7) is 4.38. The molecule has 67 heavy (non-hydrogen) atoms. The number of amidine groups is 1. The normalized spacial score (nSPS) is 23.8. The van der Waals surface area contributed by atoms with Gasteiger partial charge in [-0.3, -0.25) is 19.8 Å². The highest BCUT2D eigenvalue weighted by Gasteiger charge is 2.47. The molecule has 0 radical (unpaired) electrons. The van der Waals surface area contributed by atoms with Crippen LogP contribution in [0.25, 0.3) is 16.6 Å². The molecule has 7 heterocycles. The number of nitrogens with one attached hydrogen (secondary N) is 1. The van der Waals surface area contributed by atoms with Crippen molar-refractivity contribution in [3.8, 4) is 23.3 Å². The third kappa shape index (κ3) is 7.17. The summed E-state index contributed by atoms with van der Waals surface area (Å²) >= 11 is 1.74. The fourth-order valence-corrected chi connectivity index (χ4v) is 12.8. The lowest BCUT2D eigenvalue weighted by Gasteiger charge is -2.39. The number of benzene rings is 3. The quantitative estimate of drug-likeness (QED) is 0.158. The van der Waals surface area contributed by atoms with E-state index in [9.17, 15) is 15.2 Å². The number of aliphatic hydroxyl groups is 1. The summed E-state index contributed by atoms with van der Waals surface area (Å²) in [5.41, 5.74) is 7.83. The number of carbonyl (C=O) groups is 1. The summed E-state index contributed by atoms with van der Waals surface area (Å²) in [6, 6.07) is 23.6. The molecule has 0 spiro atoms. The molecule has 16 heteroatoms. The Labute approximate surface area is 391 Å². The van der Waals surface area contributed by atoms with Crippen molar-refractivity contribution in [2.75, 3.05) is 64.3 Å². The number of Topliss-reactive ketones (excluding diaryl/α,β-unsaturated/α-hetero) is 1. The molecule has 2 aliphatic carbocycles. The van der Waals surface area contributed by atoms with Crippen molar-refractivity contribution >= 4 is 45.8 Å². The Balaban J connectivity index is 0.817. The van der Waals surface area contributed by atoms with Crippen LogP contribution in [0, 0.1) is 16.7 Å². The highest BCUT2D eigenvalue weighted by Crippen LogP contribution is 2.56. The summed E-state index contributed by atoms with van der Waals surface area (Å²) in [4.78, 5) is 40.2. The Kier molecular flexibility index (Phi) is 10.8. The number of dihydropyridines is 1. The van der Waals surface area contributed by atoms with Gasteiger partial charge in [-0.15, -0.1) is 0 Å². The van der Waals surface area contributed by atoms with Crippen molar-refractivity contribution in [3.05, 3.63) is 118 Å². The maximum atomic E-state index is 14.8. The van der Waals surface area contributed by atoms with Crippen LogP contribution >= 0.6 is 11.8 Å². The van der Waals surface area contributed by atoms with Crippen molar-refractivity contribution in [2.24, 2.45) is 4.99 Å². The van der Waals surface area contributed by atoms with E-state index in [1.54, 1.807) is 18.1 Å². The molecule has 5 unspecified atom stereocenters. The number of hydrogen-bond acceptors (Lipinski definition) is 15. The lowest BCUT2D eigenvalue weighted by atomic mass is 9.70. The van der Waals surface area contributed by atoms with Gasteiger partial charge in [-0.2, -0.15) is 5.26 Å². The van der Waals surface area contributed by atoms with E-state index in [1.165, 1.54) is 24.0 Å².